The van der Waals surface area contributed by atoms with Crippen LogP contribution in [0.25, 0.3) is 0 Å². The molecule has 0 aromatic carbocycles. The van der Waals surface area contributed by atoms with Gasteiger partial charge in [0.05, 0.1) is 32.5 Å². The second kappa shape index (κ2) is 21.7. The zero-order valence-electron chi connectivity index (χ0n) is 22.0. The Balaban J connectivity index is 0.00000667. The van der Waals surface area contributed by atoms with E-state index >= 15 is 0 Å². The summed E-state index contributed by atoms with van der Waals surface area (Å²) < 4.78 is 26.6. The molecule has 0 aromatic rings. The Kier molecular flexibility index (Phi) is 20.5. The van der Waals surface area contributed by atoms with E-state index in [0.29, 0.717) is 6.42 Å². The normalized spacial score (nSPS) is 24.7. The first-order chi connectivity index (χ1) is 18.3. The molecule has 0 bridgehead atoms. The molecular formula is C23H42N2O13. The summed E-state index contributed by atoms with van der Waals surface area (Å²) >= 11 is 0. The van der Waals surface area contributed by atoms with Gasteiger partial charge < -0.3 is 59.6 Å². The number of hydrogen-bond donors (Lipinski definition) is 6. The first-order valence-electron chi connectivity index (χ1n) is 11.9. The molecule has 1 heterocycles. The maximum absolute atomic E-state index is 11.7. The van der Waals surface area contributed by atoms with E-state index in [-0.39, 0.29) is 39.1 Å². The topological polar surface area (TPSA) is 204 Å². The number of methoxy groups -OCH3 is 1. The van der Waals surface area contributed by atoms with Crippen LogP contribution in [0.1, 0.15) is 20.3 Å². The van der Waals surface area contributed by atoms with Crippen molar-refractivity contribution in [2.24, 2.45) is 0 Å². The Labute approximate surface area is 222 Å². The Morgan fingerprint density at radius 1 is 1.16 bits per heavy atom. The predicted octanol–water partition coefficient (Wildman–Crippen LogP) is -1.94. The van der Waals surface area contributed by atoms with E-state index in [0.717, 1.165) is 6.26 Å². The van der Waals surface area contributed by atoms with Crippen molar-refractivity contribution in [3.63, 3.8) is 0 Å². The van der Waals surface area contributed by atoms with Gasteiger partial charge in [-0.1, -0.05) is 6.92 Å². The minimum absolute atomic E-state index is 0.00765. The van der Waals surface area contributed by atoms with Crippen molar-refractivity contribution >= 4 is 11.8 Å². The van der Waals surface area contributed by atoms with Gasteiger partial charge in [-0.05, 0) is 6.42 Å². The Morgan fingerprint density at radius 3 is 2.45 bits per heavy atom. The van der Waals surface area contributed by atoms with Crippen LogP contribution in [-0.2, 0) is 43.0 Å². The number of carbonyl (C=O) groups excluding carboxylic acids is 2. The third kappa shape index (κ3) is 14.1. The van der Waals surface area contributed by atoms with Crippen molar-refractivity contribution in [1.82, 2.24) is 10.6 Å². The molecular weight excluding hydrogens is 512 g/mol. The second-order valence-electron chi connectivity index (χ2n) is 7.62. The molecule has 15 heteroatoms. The zero-order chi connectivity index (χ0) is 28.9. The largest absolute Gasteiger partial charge is 0.394 e. The summed E-state index contributed by atoms with van der Waals surface area (Å²) in [5.74, 6) is -0.943. The fourth-order valence-electron chi connectivity index (χ4n) is 2.99. The number of amides is 2. The van der Waals surface area contributed by atoms with Gasteiger partial charge in [0.25, 0.3) is 0 Å². The lowest BCUT2D eigenvalue weighted by atomic mass is 9.97. The fourth-order valence-corrected chi connectivity index (χ4v) is 2.99. The molecule has 38 heavy (non-hydrogen) atoms. The molecule has 7 atom stereocenters. The highest BCUT2D eigenvalue weighted by molar-refractivity contribution is 5.78. The highest BCUT2D eigenvalue weighted by Crippen LogP contribution is 2.22. The Hall–Kier alpha value is -2.18. The smallest absolute Gasteiger partial charge is 0.250 e. The molecule has 1 aliphatic rings. The molecule has 0 aromatic heterocycles. The third-order valence-corrected chi connectivity index (χ3v) is 4.89. The van der Waals surface area contributed by atoms with E-state index in [2.05, 4.69) is 23.8 Å². The molecule has 6 N–H and O–H groups in total. The molecule has 0 spiro atoms. The van der Waals surface area contributed by atoms with Gasteiger partial charge >= 0.3 is 0 Å². The number of ether oxygens (including phenoxy) is 5. The van der Waals surface area contributed by atoms with E-state index in [9.17, 15) is 24.9 Å². The number of hydrogen-bond acceptors (Lipinski definition) is 13. The number of carbonyl (C=O) groups is 2. The predicted molar refractivity (Wildman–Crippen MR) is 131 cm³/mol. The summed E-state index contributed by atoms with van der Waals surface area (Å²) in [5.41, 5.74) is 0. The zero-order valence-corrected chi connectivity index (χ0v) is 22.0. The molecule has 222 valence electrons. The molecule has 1 fully saturated rings. The fraction of sp³-hybridized carbons (Fsp3) is 0.739. The quantitative estimate of drug-likeness (QED) is 0.0273. The third-order valence-electron chi connectivity index (χ3n) is 4.89. The lowest BCUT2D eigenvalue weighted by Gasteiger charge is -2.42. The number of nitrogens with one attached hydrogen (secondary N) is 2. The van der Waals surface area contributed by atoms with Gasteiger partial charge in [-0.15, -0.1) is 13.2 Å². The van der Waals surface area contributed by atoms with Crippen molar-refractivity contribution in [2.45, 2.75) is 63.3 Å². The molecule has 2 amide bonds. The van der Waals surface area contributed by atoms with Crippen molar-refractivity contribution in [1.29, 1.82) is 0 Å². The highest BCUT2D eigenvalue weighted by atomic mass is 17.2. The van der Waals surface area contributed by atoms with Gasteiger partial charge in [-0.3, -0.25) is 9.59 Å². The average Bonchev–Trinajstić information content (AvgIpc) is 2.92. The summed E-state index contributed by atoms with van der Waals surface area (Å²) in [6.07, 6.45) is -3.35. The maximum Gasteiger partial charge on any atom is 0.250 e. The molecule has 0 radical (unpaired) electrons. The second-order valence-corrected chi connectivity index (χ2v) is 7.62. The van der Waals surface area contributed by atoms with E-state index in [1.165, 1.54) is 20.2 Å². The van der Waals surface area contributed by atoms with Gasteiger partial charge in [0.1, 0.15) is 43.8 Å². The minimum atomic E-state index is -1.42. The van der Waals surface area contributed by atoms with Crippen LogP contribution < -0.4 is 10.6 Å². The molecule has 1 rings (SSSR count). The van der Waals surface area contributed by atoms with Crippen molar-refractivity contribution in [2.75, 3.05) is 46.8 Å². The van der Waals surface area contributed by atoms with E-state index in [4.69, 9.17) is 38.6 Å². The maximum atomic E-state index is 11.7. The molecule has 15 nitrogen and oxygen atoms in total. The number of aliphatic hydroxyl groups is 4. The SMILES string of the molecule is C=C.CCC(CO)OC(COCC(=O)N/C=C/OOCCOC1OC(CO)C(O)C(O)C1NC(C)=O)OC. The van der Waals surface area contributed by atoms with Gasteiger partial charge in [0.15, 0.2) is 12.6 Å². The standard InChI is InChI=1S/C21H38N2O13.C2H4/c1-4-14(9-24)35-17(30-3)12-31-11-16(27)22-5-6-33-34-8-7-32-21-18(23-13(2)26)20(29)19(28)15(10-25)36-21;1-2/h5-6,14-15,17-21,24-25,28-29H,4,7-12H2,1-3H3,(H,22,27)(H,23,26);1-2H2/b6-5+;. The highest BCUT2D eigenvalue weighted by Gasteiger charge is 2.45. The first kappa shape index (κ1) is 35.8. The van der Waals surface area contributed by atoms with Gasteiger partial charge in [0.2, 0.25) is 11.8 Å². The summed E-state index contributed by atoms with van der Waals surface area (Å²) in [7, 11) is 1.42. The van der Waals surface area contributed by atoms with Crippen LogP contribution in [0, 0.1) is 0 Å². The number of aliphatic hydroxyl groups excluding tert-OH is 4. The van der Waals surface area contributed by atoms with Crippen molar-refractivity contribution in [3.8, 4) is 0 Å². The van der Waals surface area contributed by atoms with Gasteiger partial charge in [-0.2, -0.15) is 4.89 Å². The summed E-state index contributed by atoms with van der Waals surface area (Å²) in [6.45, 7) is 7.90. The van der Waals surface area contributed by atoms with Crippen molar-refractivity contribution in [3.05, 3.63) is 25.6 Å². The molecule has 1 aliphatic heterocycles. The van der Waals surface area contributed by atoms with Crippen LogP contribution in [0.3, 0.4) is 0 Å². The molecule has 0 aliphatic carbocycles. The van der Waals surface area contributed by atoms with E-state index < -0.39 is 55.4 Å². The average molecular weight is 555 g/mol. The Morgan fingerprint density at radius 2 is 1.87 bits per heavy atom. The monoisotopic (exact) mass is 554 g/mol. The van der Waals surface area contributed by atoms with Crippen LogP contribution in [0.2, 0.25) is 0 Å². The van der Waals surface area contributed by atoms with Crippen LogP contribution >= 0.6 is 0 Å². The first-order valence-corrected chi connectivity index (χ1v) is 11.9. The van der Waals surface area contributed by atoms with Crippen LogP contribution in [0.15, 0.2) is 25.6 Å². The van der Waals surface area contributed by atoms with Gasteiger partial charge in [-0.25, -0.2) is 0 Å². The van der Waals surface area contributed by atoms with E-state index in [1.807, 2.05) is 6.92 Å². The Bertz CT molecular complexity index is 665. The molecule has 7 unspecified atom stereocenters. The summed E-state index contributed by atoms with van der Waals surface area (Å²) in [4.78, 5) is 32.7. The molecule has 0 saturated carbocycles. The molecule has 1 saturated heterocycles. The summed E-state index contributed by atoms with van der Waals surface area (Å²) in [6, 6.07) is -1.06. The van der Waals surface area contributed by atoms with Crippen LogP contribution in [-0.4, -0.2) is 122 Å². The lowest BCUT2D eigenvalue weighted by molar-refractivity contribution is -0.292. The van der Waals surface area contributed by atoms with Crippen LogP contribution in [0.4, 0.5) is 0 Å². The van der Waals surface area contributed by atoms with Crippen molar-refractivity contribution < 1.29 is 63.5 Å². The number of rotatable bonds is 18. The van der Waals surface area contributed by atoms with E-state index in [1.54, 1.807) is 0 Å². The lowest BCUT2D eigenvalue weighted by Crippen LogP contribution is -2.64. The minimum Gasteiger partial charge on any atom is -0.394 e. The van der Waals surface area contributed by atoms with Gasteiger partial charge in [0, 0.05) is 20.2 Å². The van der Waals surface area contributed by atoms with Crippen LogP contribution in [0.5, 0.6) is 0 Å². The summed E-state index contributed by atoms with van der Waals surface area (Å²) in [5, 5.41) is 43.4.